The first-order valence-electron chi connectivity index (χ1n) is 4.07. The zero-order valence-corrected chi connectivity index (χ0v) is 7.00. The molecule has 1 aliphatic rings. The summed E-state index contributed by atoms with van der Waals surface area (Å²) in [5.41, 5.74) is 0. The first-order valence-corrected chi connectivity index (χ1v) is 4.07. The number of hydrogen-bond donors (Lipinski definition) is 0. The van der Waals surface area contributed by atoms with E-state index in [0.717, 1.165) is 6.42 Å². The number of hydrogen-bond acceptors (Lipinski definition) is 1. The number of ether oxygens (including phenoxy) is 1. The lowest BCUT2D eigenvalue weighted by Crippen LogP contribution is -2.26. The van der Waals surface area contributed by atoms with E-state index in [1.165, 1.54) is 0 Å². The van der Waals surface area contributed by atoms with E-state index in [4.69, 9.17) is 4.74 Å². The number of rotatable bonds is 1. The second-order valence-corrected chi connectivity index (χ2v) is 3.13. The van der Waals surface area contributed by atoms with Gasteiger partial charge in [0.25, 0.3) is 0 Å². The lowest BCUT2D eigenvalue weighted by molar-refractivity contribution is 0.0562. The molecule has 58 valence electrons. The lowest BCUT2D eigenvalue weighted by Gasteiger charge is -2.29. The van der Waals surface area contributed by atoms with Crippen molar-refractivity contribution in [3.8, 4) is 0 Å². The van der Waals surface area contributed by atoms with Gasteiger partial charge in [-0.05, 0) is 24.3 Å². The van der Waals surface area contributed by atoms with Gasteiger partial charge in [-0.3, -0.25) is 0 Å². The Hall–Kier alpha value is -0.460. The normalized spacial score (nSPS) is 39.3. The zero-order chi connectivity index (χ0) is 7.56. The maximum Gasteiger partial charge on any atom is 0.101 e. The van der Waals surface area contributed by atoms with E-state index in [9.17, 15) is 0 Å². The molecule has 0 aromatic rings. The van der Waals surface area contributed by atoms with E-state index >= 15 is 0 Å². The van der Waals surface area contributed by atoms with E-state index in [1.807, 2.05) is 6.26 Å². The van der Waals surface area contributed by atoms with Crippen LogP contribution in [0.15, 0.2) is 12.3 Å². The minimum atomic E-state index is 0.444. The van der Waals surface area contributed by atoms with E-state index in [2.05, 4.69) is 26.8 Å². The number of allylic oxidation sites excluding steroid dienone is 1. The van der Waals surface area contributed by atoms with Gasteiger partial charge in [-0.2, -0.15) is 0 Å². The molecule has 1 heteroatoms. The molecular formula is C9H16O. The molecule has 2 unspecified atom stereocenters. The van der Waals surface area contributed by atoms with Crippen molar-refractivity contribution in [1.82, 2.24) is 0 Å². The van der Waals surface area contributed by atoms with Gasteiger partial charge in [0.15, 0.2) is 0 Å². The van der Waals surface area contributed by atoms with Gasteiger partial charge >= 0.3 is 0 Å². The van der Waals surface area contributed by atoms with Crippen LogP contribution in [0.25, 0.3) is 0 Å². The Balaban J connectivity index is 2.56. The summed E-state index contributed by atoms with van der Waals surface area (Å²) >= 11 is 0. The molecule has 0 spiro atoms. The van der Waals surface area contributed by atoms with Crippen molar-refractivity contribution in [2.45, 2.75) is 33.3 Å². The van der Waals surface area contributed by atoms with E-state index in [-0.39, 0.29) is 0 Å². The van der Waals surface area contributed by atoms with Crippen molar-refractivity contribution in [2.75, 3.05) is 0 Å². The average molecular weight is 140 g/mol. The molecule has 0 aliphatic carbocycles. The van der Waals surface area contributed by atoms with Gasteiger partial charge in [0.2, 0.25) is 0 Å². The Labute approximate surface area is 63.1 Å². The van der Waals surface area contributed by atoms with Crippen LogP contribution >= 0.6 is 0 Å². The molecule has 0 N–H and O–H groups in total. The molecule has 0 fully saturated rings. The van der Waals surface area contributed by atoms with Gasteiger partial charge in [-0.1, -0.05) is 20.8 Å². The zero-order valence-electron chi connectivity index (χ0n) is 7.00. The summed E-state index contributed by atoms with van der Waals surface area (Å²) in [6.07, 6.45) is 5.55. The van der Waals surface area contributed by atoms with Crippen LogP contribution in [-0.2, 0) is 4.74 Å². The SMILES string of the molecule is CCC1OC=CC(C)[C@H]1C. The quantitative estimate of drug-likeness (QED) is 0.544. The monoisotopic (exact) mass is 140 g/mol. The molecule has 1 nitrogen and oxygen atoms in total. The first kappa shape index (κ1) is 7.64. The van der Waals surface area contributed by atoms with Gasteiger partial charge in [-0.15, -0.1) is 0 Å². The van der Waals surface area contributed by atoms with E-state index in [1.54, 1.807) is 0 Å². The third-order valence-electron chi connectivity index (χ3n) is 2.45. The fourth-order valence-corrected chi connectivity index (χ4v) is 1.38. The molecule has 0 aromatic carbocycles. The van der Waals surface area contributed by atoms with Crippen molar-refractivity contribution in [1.29, 1.82) is 0 Å². The standard InChI is InChI=1S/C9H16O/c1-4-9-8(3)7(2)5-6-10-9/h5-9H,4H2,1-3H3/t7?,8-,9?/m1/s1. The summed E-state index contributed by atoms with van der Waals surface area (Å²) in [5, 5.41) is 0. The topological polar surface area (TPSA) is 9.23 Å². The molecule has 0 amide bonds. The fraction of sp³-hybridized carbons (Fsp3) is 0.778. The largest absolute Gasteiger partial charge is 0.498 e. The van der Waals surface area contributed by atoms with Crippen LogP contribution in [0.3, 0.4) is 0 Å². The van der Waals surface area contributed by atoms with E-state index < -0.39 is 0 Å². The summed E-state index contributed by atoms with van der Waals surface area (Å²) in [6, 6.07) is 0. The minimum Gasteiger partial charge on any atom is -0.498 e. The molecule has 3 atom stereocenters. The van der Waals surface area contributed by atoms with Gasteiger partial charge in [0, 0.05) is 0 Å². The molecule has 1 heterocycles. The highest BCUT2D eigenvalue weighted by Crippen LogP contribution is 2.25. The van der Waals surface area contributed by atoms with Gasteiger partial charge in [0.05, 0.1) is 6.26 Å². The maximum atomic E-state index is 5.43. The van der Waals surface area contributed by atoms with Crippen molar-refractivity contribution in [3.05, 3.63) is 12.3 Å². The van der Waals surface area contributed by atoms with Crippen LogP contribution in [0.1, 0.15) is 27.2 Å². The fourth-order valence-electron chi connectivity index (χ4n) is 1.38. The Morgan fingerprint density at radius 3 is 2.60 bits per heavy atom. The Kier molecular flexibility index (Phi) is 2.36. The Morgan fingerprint density at radius 1 is 1.40 bits per heavy atom. The van der Waals surface area contributed by atoms with Crippen LogP contribution in [0, 0.1) is 11.8 Å². The summed E-state index contributed by atoms with van der Waals surface area (Å²) in [6.45, 7) is 6.67. The van der Waals surface area contributed by atoms with E-state index in [0.29, 0.717) is 17.9 Å². The first-order chi connectivity index (χ1) is 4.75. The smallest absolute Gasteiger partial charge is 0.101 e. The predicted molar refractivity (Wildman–Crippen MR) is 42.6 cm³/mol. The molecule has 0 saturated carbocycles. The molecule has 0 bridgehead atoms. The van der Waals surface area contributed by atoms with Crippen molar-refractivity contribution >= 4 is 0 Å². The highest BCUT2D eigenvalue weighted by molar-refractivity contribution is 4.91. The predicted octanol–water partition coefficient (Wildman–Crippen LogP) is 2.58. The maximum absolute atomic E-state index is 5.43. The minimum absolute atomic E-state index is 0.444. The lowest BCUT2D eigenvalue weighted by atomic mass is 9.88. The molecule has 10 heavy (non-hydrogen) atoms. The molecule has 0 saturated heterocycles. The summed E-state index contributed by atoms with van der Waals surface area (Å²) in [7, 11) is 0. The molecular weight excluding hydrogens is 124 g/mol. The third kappa shape index (κ3) is 1.34. The molecule has 1 aliphatic heterocycles. The van der Waals surface area contributed by atoms with Crippen molar-refractivity contribution in [3.63, 3.8) is 0 Å². The van der Waals surface area contributed by atoms with Gasteiger partial charge in [0.1, 0.15) is 6.10 Å². The Morgan fingerprint density at radius 2 is 2.10 bits per heavy atom. The Bertz CT molecular complexity index is 129. The highest BCUT2D eigenvalue weighted by Gasteiger charge is 2.23. The van der Waals surface area contributed by atoms with Crippen LogP contribution in [0.4, 0.5) is 0 Å². The van der Waals surface area contributed by atoms with Crippen LogP contribution < -0.4 is 0 Å². The second kappa shape index (κ2) is 3.09. The summed E-state index contributed by atoms with van der Waals surface area (Å²) in [4.78, 5) is 0. The van der Waals surface area contributed by atoms with Crippen LogP contribution in [0.5, 0.6) is 0 Å². The summed E-state index contributed by atoms with van der Waals surface area (Å²) < 4.78 is 5.43. The van der Waals surface area contributed by atoms with Crippen LogP contribution in [0.2, 0.25) is 0 Å². The third-order valence-corrected chi connectivity index (χ3v) is 2.45. The second-order valence-electron chi connectivity index (χ2n) is 3.13. The van der Waals surface area contributed by atoms with Crippen LogP contribution in [-0.4, -0.2) is 6.10 Å². The van der Waals surface area contributed by atoms with Gasteiger partial charge in [-0.25, -0.2) is 0 Å². The highest BCUT2D eigenvalue weighted by atomic mass is 16.5. The molecule has 0 radical (unpaired) electrons. The van der Waals surface area contributed by atoms with Gasteiger partial charge < -0.3 is 4.74 Å². The summed E-state index contributed by atoms with van der Waals surface area (Å²) in [5.74, 6) is 1.36. The molecule has 0 aromatic heterocycles. The average Bonchev–Trinajstić information content (AvgIpc) is 1.95. The van der Waals surface area contributed by atoms with Crippen molar-refractivity contribution in [2.24, 2.45) is 11.8 Å². The van der Waals surface area contributed by atoms with Crippen molar-refractivity contribution < 1.29 is 4.74 Å². The molecule has 1 rings (SSSR count).